The maximum atomic E-state index is 11.6. The standard InChI is InChI=1S/C10H14BrNO2S/c1-7(2)15(13,14)12-9-5-4-8(3)10(11)6-9/h4-7,12H,1-3H3. The van der Waals surface area contributed by atoms with Gasteiger partial charge in [0.1, 0.15) is 0 Å². The van der Waals surface area contributed by atoms with Crippen molar-refractivity contribution in [1.29, 1.82) is 0 Å². The highest BCUT2D eigenvalue weighted by atomic mass is 79.9. The van der Waals surface area contributed by atoms with Crippen molar-refractivity contribution in [3.05, 3.63) is 28.2 Å². The molecule has 0 aliphatic heterocycles. The van der Waals surface area contributed by atoms with E-state index >= 15 is 0 Å². The normalized spacial score (nSPS) is 11.8. The van der Waals surface area contributed by atoms with Crippen LogP contribution in [0.1, 0.15) is 19.4 Å². The minimum Gasteiger partial charge on any atom is -0.283 e. The Balaban J connectivity index is 2.96. The predicted molar refractivity (Wildman–Crippen MR) is 66.6 cm³/mol. The molecule has 1 rings (SSSR count). The van der Waals surface area contributed by atoms with E-state index in [1.807, 2.05) is 13.0 Å². The number of anilines is 1. The highest BCUT2D eigenvalue weighted by Crippen LogP contribution is 2.21. The van der Waals surface area contributed by atoms with Gasteiger partial charge in [0.05, 0.1) is 5.25 Å². The van der Waals surface area contributed by atoms with Crippen molar-refractivity contribution >= 4 is 31.6 Å². The van der Waals surface area contributed by atoms with Gasteiger partial charge in [-0.2, -0.15) is 0 Å². The highest BCUT2D eigenvalue weighted by Gasteiger charge is 2.15. The highest BCUT2D eigenvalue weighted by molar-refractivity contribution is 9.10. The van der Waals surface area contributed by atoms with Crippen LogP contribution in [0.3, 0.4) is 0 Å². The molecule has 3 nitrogen and oxygen atoms in total. The van der Waals surface area contributed by atoms with E-state index in [4.69, 9.17) is 0 Å². The lowest BCUT2D eigenvalue weighted by molar-refractivity contribution is 0.593. The molecule has 1 aromatic rings. The Hall–Kier alpha value is -0.550. The number of hydrogen-bond donors (Lipinski definition) is 1. The summed E-state index contributed by atoms with van der Waals surface area (Å²) < 4.78 is 26.6. The molecule has 0 amide bonds. The van der Waals surface area contributed by atoms with Gasteiger partial charge in [-0.3, -0.25) is 4.72 Å². The van der Waals surface area contributed by atoms with Gasteiger partial charge in [0, 0.05) is 10.2 Å². The molecule has 1 aromatic carbocycles. The maximum Gasteiger partial charge on any atom is 0.235 e. The monoisotopic (exact) mass is 291 g/mol. The molecule has 84 valence electrons. The fourth-order valence-electron chi connectivity index (χ4n) is 0.938. The van der Waals surface area contributed by atoms with Gasteiger partial charge in [-0.1, -0.05) is 22.0 Å². The first-order chi connectivity index (χ1) is 6.83. The number of halogens is 1. The van der Waals surface area contributed by atoms with E-state index in [0.29, 0.717) is 5.69 Å². The van der Waals surface area contributed by atoms with E-state index in [9.17, 15) is 8.42 Å². The number of rotatable bonds is 3. The van der Waals surface area contributed by atoms with E-state index in [1.165, 1.54) is 0 Å². The zero-order valence-electron chi connectivity index (χ0n) is 8.91. The topological polar surface area (TPSA) is 46.2 Å². The smallest absolute Gasteiger partial charge is 0.235 e. The Kier molecular flexibility index (Phi) is 3.78. The molecule has 5 heteroatoms. The third-order valence-electron chi connectivity index (χ3n) is 2.05. The summed E-state index contributed by atoms with van der Waals surface area (Å²) in [4.78, 5) is 0. The molecule has 0 fully saturated rings. The molecule has 0 bridgehead atoms. The van der Waals surface area contributed by atoms with Crippen LogP contribution >= 0.6 is 15.9 Å². The van der Waals surface area contributed by atoms with E-state index in [-0.39, 0.29) is 0 Å². The summed E-state index contributed by atoms with van der Waals surface area (Å²) in [5.41, 5.74) is 1.66. The fraction of sp³-hybridized carbons (Fsp3) is 0.400. The van der Waals surface area contributed by atoms with Crippen molar-refractivity contribution in [3.8, 4) is 0 Å². The van der Waals surface area contributed by atoms with Gasteiger partial charge in [0.15, 0.2) is 0 Å². The van der Waals surface area contributed by atoms with Gasteiger partial charge >= 0.3 is 0 Å². The molecule has 0 radical (unpaired) electrons. The summed E-state index contributed by atoms with van der Waals surface area (Å²) in [6, 6.07) is 5.37. The Morgan fingerprint density at radius 2 is 1.93 bits per heavy atom. The summed E-state index contributed by atoms with van der Waals surface area (Å²) in [6.45, 7) is 5.24. The minimum atomic E-state index is -3.25. The SMILES string of the molecule is Cc1ccc(NS(=O)(=O)C(C)C)cc1Br. The van der Waals surface area contributed by atoms with Crippen molar-refractivity contribution in [2.75, 3.05) is 4.72 Å². The summed E-state index contributed by atoms with van der Waals surface area (Å²) in [5.74, 6) is 0. The number of aryl methyl sites for hydroxylation is 1. The minimum absolute atomic E-state index is 0.433. The molecule has 0 saturated carbocycles. The van der Waals surface area contributed by atoms with E-state index < -0.39 is 15.3 Å². The summed E-state index contributed by atoms with van der Waals surface area (Å²) in [6.07, 6.45) is 0. The van der Waals surface area contributed by atoms with Crippen LogP contribution in [0.4, 0.5) is 5.69 Å². The first-order valence-electron chi connectivity index (χ1n) is 4.60. The molecule has 0 aliphatic carbocycles. The Labute approximate surface area is 99.1 Å². The van der Waals surface area contributed by atoms with E-state index in [1.54, 1.807) is 26.0 Å². The number of sulfonamides is 1. The van der Waals surface area contributed by atoms with Crippen molar-refractivity contribution in [3.63, 3.8) is 0 Å². The number of hydrogen-bond acceptors (Lipinski definition) is 2. The van der Waals surface area contributed by atoms with Gasteiger partial charge < -0.3 is 0 Å². The van der Waals surface area contributed by atoms with Crippen LogP contribution in [-0.4, -0.2) is 13.7 Å². The van der Waals surface area contributed by atoms with Crippen molar-refractivity contribution in [1.82, 2.24) is 0 Å². The molecule has 0 aliphatic rings. The molecule has 0 saturated heterocycles. The summed E-state index contributed by atoms with van der Waals surface area (Å²) >= 11 is 3.36. The number of benzene rings is 1. The van der Waals surface area contributed by atoms with Crippen LogP contribution in [0.5, 0.6) is 0 Å². The van der Waals surface area contributed by atoms with Gasteiger partial charge in [-0.25, -0.2) is 8.42 Å². The van der Waals surface area contributed by atoms with Crippen LogP contribution in [-0.2, 0) is 10.0 Å². The second-order valence-electron chi connectivity index (χ2n) is 3.66. The average Bonchev–Trinajstić information content (AvgIpc) is 2.10. The van der Waals surface area contributed by atoms with E-state index in [0.717, 1.165) is 10.0 Å². The maximum absolute atomic E-state index is 11.6. The van der Waals surface area contributed by atoms with Crippen LogP contribution in [0, 0.1) is 6.92 Å². The quantitative estimate of drug-likeness (QED) is 0.931. The lowest BCUT2D eigenvalue weighted by atomic mass is 10.2. The van der Waals surface area contributed by atoms with Gasteiger partial charge in [-0.15, -0.1) is 0 Å². The van der Waals surface area contributed by atoms with Crippen LogP contribution in [0.2, 0.25) is 0 Å². The molecular weight excluding hydrogens is 278 g/mol. The largest absolute Gasteiger partial charge is 0.283 e. The lowest BCUT2D eigenvalue weighted by Gasteiger charge is -2.11. The molecule has 0 aromatic heterocycles. The molecule has 15 heavy (non-hydrogen) atoms. The zero-order chi connectivity index (χ0) is 11.6. The van der Waals surface area contributed by atoms with Gasteiger partial charge in [0.25, 0.3) is 0 Å². The van der Waals surface area contributed by atoms with Gasteiger partial charge in [0.2, 0.25) is 10.0 Å². The Morgan fingerprint density at radius 1 is 1.33 bits per heavy atom. The fourth-order valence-corrected chi connectivity index (χ4v) is 2.01. The molecule has 0 unspecified atom stereocenters. The van der Waals surface area contributed by atoms with Gasteiger partial charge in [-0.05, 0) is 38.5 Å². The third-order valence-corrected chi connectivity index (χ3v) is 4.67. The summed E-state index contributed by atoms with van der Waals surface area (Å²) in [7, 11) is -3.25. The predicted octanol–water partition coefficient (Wildman–Crippen LogP) is 2.91. The van der Waals surface area contributed by atoms with Crippen LogP contribution in [0.25, 0.3) is 0 Å². The van der Waals surface area contributed by atoms with E-state index in [2.05, 4.69) is 20.7 Å². The first-order valence-corrected chi connectivity index (χ1v) is 6.94. The third kappa shape index (κ3) is 3.21. The van der Waals surface area contributed by atoms with Crippen molar-refractivity contribution in [2.24, 2.45) is 0 Å². The molecular formula is C10H14BrNO2S. The molecule has 0 atom stereocenters. The van der Waals surface area contributed by atoms with Crippen molar-refractivity contribution in [2.45, 2.75) is 26.0 Å². The van der Waals surface area contributed by atoms with Crippen LogP contribution < -0.4 is 4.72 Å². The zero-order valence-corrected chi connectivity index (χ0v) is 11.3. The Morgan fingerprint density at radius 3 is 2.40 bits per heavy atom. The lowest BCUT2D eigenvalue weighted by Crippen LogP contribution is -2.22. The Bertz CT molecular complexity index is 454. The first kappa shape index (κ1) is 12.5. The number of nitrogens with one attached hydrogen (secondary N) is 1. The molecule has 1 N–H and O–H groups in total. The molecule has 0 heterocycles. The summed E-state index contributed by atoms with van der Waals surface area (Å²) in [5, 5.41) is -0.433. The van der Waals surface area contributed by atoms with Crippen LogP contribution in [0.15, 0.2) is 22.7 Å². The average molecular weight is 292 g/mol. The second kappa shape index (κ2) is 4.53. The second-order valence-corrected chi connectivity index (χ2v) is 6.75. The molecule has 0 spiro atoms. The van der Waals surface area contributed by atoms with Crippen molar-refractivity contribution < 1.29 is 8.42 Å².